The molecule has 1 rings (SSSR count). The molecule has 0 saturated heterocycles. The quantitative estimate of drug-likeness (QED) is 0.728. The van der Waals surface area contributed by atoms with E-state index < -0.39 is 11.8 Å². The van der Waals surface area contributed by atoms with Gasteiger partial charge in [-0.1, -0.05) is 17.7 Å². The van der Waals surface area contributed by atoms with E-state index in [0.717, 1.165) is 6.92 Å². The summed E-state index contributed by atoms with van der Waals surface area (Å²) in [6, 6.07) is 0. The van der Waals surface area contributed by atoms with Gasteiger partial charge < -0.3 is 5.11 Å². The van der Waals surface area contributed by atoms with Crippen LogP contribution in [-0.2, 0) is 0 Å². The van der Waals surface area contributed by atoms with Gasteiger partial charge in [-0.15, -0.1) is 0 Å². The van der Waals surface area contributed by atoms with Gasteiger partial charge in [-0.2, -0.15) is 13.2 Å². The molecule has 1 nitrogen and oxygen atoms in total. The molecule has 0 aromatic heterocycles. The van der Waals surface area contributed by atoms with Gasteiger partial charge in [0.2, 0.25) is 0 Å². The van der Waals surface area contributed by atoms with Crippen LogP contribution in [0.3, 0.4) is 0 Å². The van der Waals surface area contributed by atoms with Gasteiger partial charge in [0.15, 0.2) is 5.60 Å². The van der Waals surface area contributed by atoms with Crippen LogP contribution in [0.25, 0.3) is 0 Å². The Bertz CT molecular complexity index is 289. The van der Waals surface area contributed by atoms with Crippen molar-refractivity contribution in [3.63, 3.8) is 0 Å². The fraction of sp³-hybridized carbons (Fsp3) is 0.556. The summed E-state index contributed by atoms with van der Waals surface area (Å²) in [6.45, 7) is 0.756. The molecule has 0 aromatic rings. The summed E-state index contributed by atoms with van der Waals surface area (Å²) < 4.78 is 37.1. The van der Waals surface area contributed by atoms with E-state index >= 15 is 0 Å². The molecule has 0 fully saturated rings. The molecule has 14 heavy (non-hydrogen) atoms. The summed E-state index contributed by atoms with van der Waals surface area (Å²) in [7, 11) is 0. The number of allylic oxidation sites excluding steroid dienone is 3. The average molecular weight is 227 g/mol. The van der Waals surface area contributed by atoms with Crippen molar-refractivity contribution in [1.29, 1.82) is 0 Å². The molecule has 0 saturated carbocycles. The van der Waals surface area contributed by atoms with Crippen molar-refractivity contribution in [2.75, 3.05) is 0 Å². The maximum absolute atomic E-state index is 12.4. The molecule has 80 valence electrons. The average Bonchev–Trinajstić information content (AvgIpc) is 2.03. The lowest BCUT2D eigenvalue weighted by atomic mass is 9.89. The minimum absolute atomic E-state index is 0.0469. The van der Waals surface area contributed by atoms with Crippen molar-refractivity contribution in [2.45, 2.75) is 31.5 Å². The molecule has 5 heteroatoms. The Morgan fingerprint density at radius 2 is 1.86 bits per heavy atom. The first-order valence-electron chi connectivity index (χ1n) is 4.10. The molecule has 1 aliphatic rings. The largest absolute Gasteiger partial charge is 0.420 e. The third-order valence-corrected chi connectivity index (χ3v) is 2.59. The smallest absolute Gasteiger partial charge is 0.377 e. The van der Waals surface area contributed by atoms with Crippen LogP contribution in [0.4, 0.5) is 13.2 Å². The molecule has 0 amide bonds. The Morgan fingerprint density at radius 3 is 2.21 bits per heavy atom. The Morgan fingerprint density at radius 1 is 1.29 bits per heavy atom. The second-order valence-corrected chi connectivity index (χ2v) is 3.86. The molecule has 0 aromatic carbocycles. The third-order valence-electron chi connectivity index (χ3n) is 2.28. The highest BCUT2D eigenvalue weighted by Gasteiger charge is 2.52. The molecule has 1 unspecified atom stereocenters. The molecular weight excluding hydrogens is 217 g/mol. The van der Waals surface area contributed by atoms with Crippen molar-refractivity contribution in [3.05, 3.63) is 22.8 Å². The first kappa shape index (κ1) is 11.6. The monoisotopic (exact) mass is 226 g/mol. The molecule has 0 spiro atoms. The molecule has 0 aliphatic heterocycles. The zero-order chi connectivity index (χ0) is 11.0. The second-order valence-electron chi connectivity index (χ2n) is 3.38. The van der Waals surface area contributed by atoms with Gasteiger partial charge in [0.05, 0.1) is 0 Å². The molecule has 1 aliphatic carbocycles. The first-order valence-corrected chi connectivity index (χ1v) is 4.48. The predicted molar refractivity (Wildman–Crippen MR) is 47.9 cm³/mol. The summed E-state index contributed by atoms with van der Waals surface area (Å²) in [5, 5.41) is 9.80. The molecule has 1 atom stereocenters. The number of halogens is 4. The number of hydrogen-bond donors (Lipinski definition) is 1. The minimum Gasteiger partial charge on any atom is -0.377 e. The summed E-state index contributed by atoms with van der Waals surface area (Å²) in [5.74, 6) is 0. The van der Waals surface area contributed by atoms with Crippen LogP contribution < -0.4 is 0 Å². The van der Waals surface area contributed by atoms with Crippen LogP contribution in [-0.4, -0.2) is 16.9 Å². The molecular formula is C9H10ClF3O. The highest BCUT2D eigenvalue weighted by atomic mass is 35.5. The van der Waals surface area contributed by atoms with E-state index in [1.54, 1.807) is 0 Å². The number of aliphatic hydroxyl groups is 1. The van der Waals surface area contributed by atoms with Gasteiger partial charge in [0, 0.05) is 5.03 Å². The van der Waals surface area contributed by atoms with Gasteiger partial charge in [-0.05, 0) is 31.4 Å². The fourth-order valence-corrected chi connectivity index (χ4v) is 1.36. The van der Waals surface area contributed by atoms with E-state index in [2.05, 4.69) is 0 Å². The standard InChI is InChI=1S/C9H10ClF3O/c1-8(14,9(11,12)13)6-2-4-7(10)5-3-6/h2,4,14H,3,5H2,1H3. The van der Waals surface area contributed by atoms with E-state index in [-0.39, 0.29) is 12.0 Å². The molecule has 0 bridgehead atoms. The fourth-order valence-electron chi connectivity index (χ4n) is 1.20. The van der Waals surface area contributed by atoms with Gasteiger partial charge in [0.1, 0.15) is 0 Å². The van der Waals surface area contributed by atoms with Crippen LogP contribution in [0, 0.1) is 0 Å². The predicted octanol–water partition coefficient (Wildman–Crippen LogP) is 3.14. The summed E-state index contributed by atoms with van der Waals surface area (Å²) in [5.41, 5.74) is -2.80. The number of hydrogen-bond acceptors (Lipinski definition) is 1. The van der Waals surface area contributed by atoms with Crippen molar-refractivity contribution in [2.24, 2.45) is 0 Å². The van der Waals surface area contributed by atoms with E-state index in [1.807, 2.05) is 0 Å². The van der Waals surface area contributed by atoms with Crippen molar-refractivity contribution in [1.82, 2.24) is 0 Å². The van der Waals surface area contributed by atoms with Crippen LogP contribution in [0.2, 0.25) is 0 Å². The maximum Gasteiger partial charge on any atom is 0.420 e. The highest BCUT2D eigenvalue weighted by Crippen LogP contribution is 2.39. The summed E-state index contributed by atoms with van der Waals surface area (Å²) >= 11 is 5.60. The Hall–Kier alpha value is -0.480. The normalized spacial score (nSPS) is 22.4. The van der Waals surface area contributed by atoms with Crippen molar-refractivity contribution >= 4 is 11.6 Å². The lowest BCUT2D eigenvalue weighted by molar-refractivity contribution is -0.237. The zero-order valence-electron chi connectivity index (χ0n) is 7.53. The molecule has 0 radical (unpaired) electrons. The second kappa shape index (κ2) is 3.59. The number of alkyl halides is 3. The molecule has 0 heterocycles. The van der Waals surface area contributed by atoms with Crippen LogP contribution in [0.15, 0.2) is 22.8 Å². The van der Waals surface area contributed by atoms with Crippen molar-refractivity contribution < 1.29 is 18.3 Å². The van der Waals surface area contributed by atoms with Crippen LogP contribution >= 0.6 is 11.6 Å². The van der Waals surface area contributed by atoms with Gasteiger partial charge in [-0.25, -0.2) is 0 Å². The molecule has 1 N–H and O–H groups in total. The van der Waals surface area contributed by atoms with E-state index in [0.29, 0.717) is 11.5 Å². The number of rotatable bonds is 1. The lowest BCUT2D eigenvalue weighted by Crippen LogP contribution is -2.44. The first-order chi connectivity index (χ1) is 6.25. The Labute approximate surface area is 84.9 Å². The van der Waals surface area contributed by atoms with Gasteiger partial charge in [-0.3, -0.25) is 0 Å². The van der Waals surface area contributed by atoms with E-state index in [9.17, 15) is 18.3 Å². The van der Waals surface area contributed by atoms with Crippen LogP contribution in [0.5, 0.6) is 0 Å². The van der Waals surface area contributed by atoms with E-state index in [4.69, 9.17) is 11.6 Å². The zero-order valence-corrected chi connectivity index (χ0v) is 8.28. The van der Waals surface area contributed by atoms with Gasteiger partial charge in [0.25, 0.3) is 0 Å². The Kier molecular flexibility index (Phi) is 2.97. The Balaban J connectivity index is 2.95. The van der Waals surface area contributed by atoms with Crippen molar-refractivity contribution in [3.8, 4) is 0 Å². The summed E-state index contributed by atoms with van der Waals surface area (Å²) in [6.07, 6.45) is -1.53. The highest BCUT2D eigenvalue weighted by molar-refractivity contribution is 6.29. The maximum atomic E-state index is 12.4. The third kappa shape index (κ3) is 2.12. The van der Waals surface area contributed by atoms with E-state index in [1.165, 1.54) is 12.2 Å². The topological polar surface area (TPSA) is 20.2 Å². The van der Waals surface area contributed by atoms with Crippen LogP contribution in [0.1, 0.15) is 19.8 Å². The van der Waals surface area contributed by atoms with Gasteiger partial charge >= 0.3 is 6.18 Å². The SMILES string of the molecule is CC(O)(C1=CC=C(Cl)CC1)C(F)(F)F. The minimum atomic E-state index is -4.64. The lowest BCUT2D eigenvalue weighted by Gasteiger charge is -2.30. The summed E-state index contributed by atoms with van der Waals surface area (Å²) in [4.78, 5) is 0.